The van der Waals surface area contributed by atoms with Crippen molar-refractivity contribution in [2.24, 2.45) is 0 Å². The zero-order valence-corrected chi connectivity index (χ0v) is 22.1. The number of hydrogen-bond acceptors (Lipinski definition) is 6. The van der Waals surface area contributed by atoms with Crippen LogP contribution in [0.4, 0.5) is 16.2 Å². The summed E-state index contributed by atoms with van der Waals surface area (Å²) in [6.07, 6.45) is 1.34. The molecule has 0 radical (unpaired) electrons. The van der Waals surface area contributed by atoms with Gasteiger partial charge in [0, 0.05) is 27.7 Å². The maximum Gasteiger partial charge on any atom is 0.335 e. The van der Waals surface area contributed by atoms with E-state index in [1.807, 2.05) is 43.3 Å². The smallest absolute Gasteiger partial charge is 0.335 e. The minimum absolute atomic E-state index is 0.0396. The Bertz CT molecular complexity index is 1710. The van der Waals surface area contributed by atoms with Gasteiger partial charge in [-0.1, -0.05) is 58.4 Å². The lowest BCUT2D eigenvalue weighted by Gasteiger charge is -2.26. The number of halogens is 1. The zero-order chi connectivity index (χ0) is 27.7. The molecule has 194 valence electrons. The van der Waals surface area contributed by atoms with Crippen molar-refractivity contribution in [2.45, 2.75) is 13.5 Å². The monoisotopic (exact) mass is 585 g/mol. The first-order chi connectivity index (χ1) is 18.7. The van der Waals surface area contributed by atoms with Crippen LogP contribution < -0.4 is 15.0 Å². The summed E-state index contributed by atoms with van der Waals surface area (Å²) in [5, 5.41) is 15.5. The highest BCUT2D eigenvalue weighted by Gasteiger charge is 2.37. The molecule has 1 N–H and O–H groups in total. The lowest BCUT2D eigenvalue weighted by Crippen LogP contribution is -2.54. The highest BCUT2D eigenvalue weighted by molar-refractivity contribution is 9.10. The Morgan fingerprint density at radius 1 is 1.00 bits per heavy atom. The number of benzene rings is 4. The van der Waals surface area contributed by atoms with Crippen molar-refractivity contribution in [3.8, 4) is 5.75 Å². The molecule has 0 aliphatic carbocycles. The minimum Gasteiger partial charge on any atom is -0.488 e. The van der Waals surface area contributed by atoms with Gasteiger partial charge in [0.25, 0.3) is 17.5 Å². The average molecular weight is 586 g/mol. The summed E-state index contributed by atoms with van der Waals surface area (Å²) < 4.78 is 6.87. The van der Waals surface area contributed by atoms with Gasteiger partial charge in [-0.05, 0) is 53.6 Å². The largest absolute Gasteiger partial charge is 0.488 e. The number of carbonyl (C=O) groups is 3. The number of hydrogen-bond donors (Lipinski definition) is 1. The molecule has 0 bridgehead atoms. The van der Waals surface area contributed by atoms with Crippen LogP contribution in [0.25, 0.3) is 16.8 Å². The molecule has 10 heteroatoms. The molecule has 1 aliphatic rings. The van der Waals surface area contributed by atoms with Gasteiger partial charge in [-0.2, -0.15) is 0 Å². The Labute approximate surface area is 231 Å². The number of nitrogens with one attached hydrogen (secondary N) is 1. The average Bonchev–Trinajstić information content (AvgIpc) is 2.91. The Morgan fingerprint density at radius 2 is 1.79 bits per heavy atom. The molecule has 1 saturated heterocycles. The molecule has 0 unspecified atom stereocenters. The molecular weight excluding hydrogens is 566 g/mol. The van der Waals surface area contributed by atoms with Crippen molar-refractivity contribution >= 4 is 62.0 Å². The van der Waals surface area contributed by atoms with E-state index >= 15 is 0 Å². The lowest BCUT2D eigenvalue weighted by atomic mass is 10.0. The predicted molar refractivity (Wildman–Crippen MR) is 149 cm³/mol. The van der Waals surface area contributed by atoms with E-state index < -0.39 is 22.8 Å². The van der Waals surface area contributed by atoms with Crippen molar-refractivity contribution in [1.82, 2.24) is 5.32 Å². The molecule has 5 rings (SSSR count). The van der Waals surface area contributed by atoms with Gasteiger partial charge >= 0.3 is 6.03 Å². The summed E-state index contributed by atoms with van der Waals surface area (Å²) in [6.45, 7) is 2.24. The van der Waals surface area contributed by atoms with Crippen molar-refractivity contribution in [3.63, 3.8) is 0 Å². The highest BCUT2D eigenvalue weighted by atomic mass is 79.9. The number of nitro benzene ring substituents is 1. The fraction of sp³-hybridized carbons (Fsp3) is 0.0690. The van der Waals surface area contributed by atoms with E-state index in [4.69, 9.17) is 4.74 Å². The van der Waals surface area contributed by atoms with Crippen molar-refractivity contribution < 1.29 is 24.0 Å². The van der Waals surface area contributed by atoms with Crippen molar-refractivity contribution in [1.29, 1.82) is 0 Å². The minimum atomic E-state index is -1.00. The predicted octanol–water partition coefficient (Wildman–Crippen LogP) is 6.06. The van der Waals surface area contributed by atoms with E-state index in [2.05, 4.69) is 21.2 Å². The van der Waals surface area contributed by atoms with E-state index in [0.717, 1.165) is 28.0 Å². The van der Waals surface area contributed by atoms with Gasteiger partial charge < -0.3 is 4.74 Å². The Kier molecular flexibility index (Phi) is 6.95. The quantitative estimate of drug-likeness (QED) is 0.127. The number of urea groups is 1. The molecular formula is C29H20BrN3O6. The van der Waals surface area contributed by atoms with Gasteiger partial charge in [0.2, 0.25) is 0 Å². The number of barbiturate groups is 1. The van der Waals surface area contributed by atoms with Crippen LogP contribution in [-0.2, 0) is 16.2 Å². The summed E-state index contributed by atoms with van der Waals surface area (Å²) in [6, 6.07) is 21.3. The van der Waals surface area contributed by atoms with Crippen LogP contribution in [0.5, 0.6) is 5.75 Å². The van der Waals surface area contributed by atoms with Gasteiger partial charge in [0.05, 0.1) is 10.6 Å². The van der Waals surface area contributed by atoms with Gasteiger partial charge in [-0.3, -0.25) is 25.0 Å². The first-order valence-corrected chi connectivity index (χ1v) is 12.6. The molecule has 0 spiro atoms. The maximum atomic E-state index is 13.4. The first kappa shape index (κ1) is 25.8. The molecule has 0 atom stereocenters. The molecule has 1 fully saturated rings. The van der Waals surface area contributed by atoms with Crippen LogP contribution in [0, 0.1) is 17.0 Å². The zero-order valence-electron chi connectivity index (χ0n) is 20.5. The standard InChI is InChI=1S/C29H20BrN3O6/c1-17-9-10-18-5-2-3-8-23(18)25(17)16-39-26-12-11-20(30)13-19(26)14-24-27(34)31-29(36)32(28(24)35)21-6-4-7-22(15-21)33(37)38/h2-15H,16H2,1H3,(H,31,34,36)/b24-14+. The number of nitrogens with zero attached hydrogens (tertiary/aromatic N) is 2. The summed E-state index contributed by atoms with van der Waals surface area (Å²) in [4.78, 5) is 49.9. The molecule has 39 heavy (non-hydrogen) atoms. The second-order valence-corrected chi connectivity index (χ2v) is 9.70. The fourth-order valence-corrected chi connectivity index (χ4v) is 4.72. The second kappa shape index (κ2) is 10.5. The van der Waals surface area contributed by atoms with Crippen LogP contribution in [0.3, 0.4) is 0 Å². The van der Waals surface area contributed by atoms with Gasteiger partial charge in [0.1, 0.15) is 17.9 Å². The molecule has 4 aromatic carbocycles. The Morgan fingerprint density at radius 3 is 2.59 bits per heavy atom. The number of nitro groups is 1. The number of imide groups is 2. The topological polar surface area (TPSA) is 119 Å². The molecule has 0 aromatic heterocycles. The van der Waals surface area contributed by atoms with Crippen molar-refractivity contribution in [3.05, 3.63) is 116 Å². The molecule has 4 aromatic rings. The van der Waals surface area contributed by atoms with Gasteiger partial charge in [-0.15, -0.1) is 0 Å². The van der Waals surface area contributed by atoms with Crippen LogP contribution >= 0.6 is 15.9 Å². The molecule has 1 aliphatic heterocycles. The molecule has 9 nitrogen and oxygen atoms in total. The maximum absolute atomic E-state index is 13.4. The number of anilines is 1. The summed E-state index contributed by atoms with van der Waals surface area (Å²) >= 11 is 3.41. The highest BCUT2D eigenvalue weighted by Crippen LogP contribution is 2.31. The summed E-state index contributed by atoms with van der Waals surface area (Å²) in [5.41, 5.74) is 1.81. The number of fused-ring (bicyclic) bond motifs is 1. The Hall–Kier alpha value is -4.83. The molecule has 0 saturated carbocycles. The van der Waals surface area contributed by atoms with Crippen LogP contribution in [0.1, 0.15) is 16.7 Å². The molecule has 1 heterocycles. The van der Waals surface area contributed by atoms with E-state index in [0.29, 0.717) is 20.7 Å². The number of carbonyl (C=O) groups excluding carboxylic acids is 3. The number of amides is 4. The number of aryl methyl sites for hydroxylation is 1. The number of rotatable bonds is 6. The lowest BCUT2D eigenvalue weighted by molar-refractivity contribution is -0.384. The first-order valence-electron chi connectivity index (χ1n) is 11.8. The van der Waals surface area contributed by atoms with Gasteiger partial charge in [0.15, 0.2) is 0 Å². The van der Waals surface area contributed by atoms with E-state index in [1.54, 1.807) is 18.2 Å². The number of ether oxygens (including phenoxy) is 1. The molecule has 4 amide bonds. The third-order valence-corrected chi connectivity index (χ3v) is 6.81. The van der Waals surface area contributed by atoms with Crippen LogP contribution in [-0.4, -0.2) is 22.8 Å². The SMILES string of the molecule is Cc1ccc2ccccc2c1COc1ccc(Br)cc1/C=C1\C(=O)NC(=O)N(c2cccc([N+](=O)[O-])c2)C1=O. The number of non-ortho nitro benzene ring substituents is 1. The fourth-order valence-electron chi connectivity index (χ4n) is 4.34. The summed E-state index contributed by atoms with van der Waals surface area (Å²) in [7, 11) is 0. The second-order valence-electron chi connectivity index (χ2n) is 8.79. The van der Waals surface area contributed by atoms with Crippen LogP contribution in [0.2, 0.25) is 0 Å². The van der Waals surface area contributed by atoms with E-state index in [-0.39, 0.29) is 23.6 Å². The van der Waals surface area contributed by atoms with Gasteiger partial charge in [-0.25, -0.2) is 9.69 Å². The third-order valence-electron chi connectivity index (χ3n) is 6.32. The van der Waals surface area contributed by atoms with E-state index in [1.165, 1.54) is 24.3 Å². The Balaban J connectivity index is 1.50. The van der Waals surface area contributed by atoms with E-state index in [9.17, 15) is 24.5 Å². The van der Waals surface area contributed by atoms with Crippen LogP contribution in [0.15, 0.2) is 88.9 Å². The third kappa shape index (κ3) is 5.14. The summed E-state index contributed by atoms with van der Waals surface area (Å²) in [5.74, 6) is -1.39. The van der Waals surface area contributed by atoms with Crippen molar-refractivity contribution in [2.75, 3.05) is 4.90 Å². The normalized spacial score (nSPS) is 14.6.